The number of methoxy groups -OCH3 is 1. The Hall–Kier alpha value is -3.98. The van der Waals surface area contributed by atoms with Crippen LogP contribution in [0.3, 0.4) is 0 Å². The molecular formula is C31H33N5O8. The molecule has 3 aliphatic rings. The van der Waals surface area contributed by atoms with E-state index >= 15 is 0 Å². The number of benzene rings is 2. The van der Waals surface area contributed by atoms with Gasteiger partial charge >= 0.3 is 6.09 Å². The smallest absolute Gasteiger partial charge is 0.412 e. The summed E-state index contributed by atoms with van der Waals surface area (Å²) in [7, 11) is 1.55. The molecule has 0 spiro atoms. The van der Waals surface area contributed by atoms with Crippen molar-refractivity contribution in [3.8, 4) is 11.1 Å². The van der Waals surface area contributed by atoms with Crippen LogP contribution in [0, 0.1) is 0 Å². The summed E-state index contributed by atoms with van der Waals surface area (Å²) in [6.07, 6.45) is -0.880. The largest absolute Gasteiger partial charge is 0.448 e. The Balaban J connectivity index is 1.10. The number of nitrogens with zero attached hydrogens (tertiary/aromatic N) is 4. The second-order valence-corrected chi connectivity index (χ2v) is 11.0. The van der Waals surface area contributed by atoms with Crippen molar-refractivity contribution in [3.05, 3.63) is 72.3 Å². The quantitative estimate of drug-likeness (QED) is 0.254. The molecule has 1 amide bonds. The number of anilines is 1. The van der Waals surface area contributed by atoms with E-state index in [0.717, 1.165) is 22.3 Å². The average Bonchev–Trinajstić information content (AvgIpc) is 3.73. The van der Waals surface area contributed by atoms with E-state index < -0.39 is 43.0 Å². The maximum Gasteiger partial charge on any atom is 0.412 e. The average molecular weight is 604 g/mol. The molecule has 2 aromatic carbocycles. The number of carbonyl (C=O) groups is 1. The Labute approximate surface area is 252 Å². The molecule has 2 aromatic heterocycles. The number of fused-ring (bicyclic) bond motifs is 4. The molecule has 1 aliphatic carbocycles. The highest BCUT2D eigenvalue weighted by Gasteiger charge is 2.50. The van der Waals surface area contributed by atoms with Gasteiger partial charge in [0, 0.05) is 25.9 Å². The highest BCUT2D eigenvalue weighted by molar-refractivity contribution is 5.93. The van der Waals surface area contributed by atoms with Crippen molar-refractivity contribution in [1.82, 2.24) is 19.5 Å². The van der Waals surface area contributed by atoms with Crippen LogP contribution in [0.1, 0.15) is 36.1 Å². The van der Waals surface area contributed by atoms with Crippen LogP contribution < -0.4 is 5.32 Å². The molecule has 2 aliphatic heterocycles. The minimum Gasteiger partial charge on any atom is -0.448 e. The van der Waals surface area contributed by atoms with E-state index in [1.165, 1.54) is 12.7 Å². The summed E-state index contributed by atoms with van der Waals surface area (Å²) in [4.78, 5) is 26.1. The zero-order chi connectivity index (χ0) is 30.3. The summed E-state index contributed by atoms with van der Waals surface area (Å²) in [5.74, 6) is -0.928. The maximum absolute atomic E-state index is 13.0. The lowest BCUT2D eigenvalue weighted by atomic mass is 9.98. The fraction of sp³-hybridized carbons (Fsp3) is 0.419. The molecule has 2 saturated heterocycles. The van der Waals surface area contributed by atoms with Crippen LogP contribution in [-0.2, 0) is 23.7 Å². The molecule has 230 valence electrons. The van der Waals surface area contributed by atoms with Crippen LogP contribution in [0.15, 0.2) is 61.2 Å². The summed E-state index contributed by atoms with van der Waals surface area (Å²) >= 11 is 0. The number of aromatic nitrogens is 4. The van der Waals surface area contributed by atoms with Crippen LogP contribution in [0.25, 0.3) is 22.3 Å². The molecule has 0 radical (unpaired) electrons. The fourth-order valence-corrected chi connectivity index (χ4v) is 6.38. The van der Waals surface area contributed by atoms with Gasteiger partial charge in [0.25, 0.3) is 0 Å². The molecular weight excluding hydrogens is 570 g/mol. The molecule has 4 aromatic rings. The molecule has 0 saturated carbocycles. The summed E-state index contributed by atoms with van der Waals surface area (Å²) in [5, 5.41) is 23.6. The summed E-state index contributed by atoms with van der Waals surface area (Å²) in [6, 6.07) is 16.2. The van der Waals surface area contributed by atoms with Crippen LogP contribution in [0.2, 0.25) is 0 Å². The summed E-state index contributed by atoms with van der Waals surface area (Å²) in [5.41, 5.74) is 5.11. The lowest BCUT2D eigenvalue weighted by Gasteiger charge is -2.39. The van der Waals surface area contributed by atoms with Gasteiger partial charge in [-0.1, -0.05) is 48.5 Å². The molecule has 13 heteroatoms. The van der Waals surface area contributed by atoms with Gasteiger partial charge in [-0.15, -0.1) is 0 Å². The number of carbonyl (C=O) groups excluding carboxylic acids is 1. The van der Waals surface area contributed by atoms with Crippen molar-refractivity contribution in [3.63, 3.8) is 0 Å². The van der Waals surface area contributed by atoms with Gasteiger partial charge in [-0.3, -0.25) is 9.88 Å². The maximum atomic E-state index is 13.0. The third-order valence-electron chi connectivity index (χ3n) is 8.67. The first-order valence-electron chi connectivity index (χ1n) is 14.6. The molecule has 0 bridgehead atoms. The zero-order valence-corrected chi connectivity index (χ0v) is 24.0. The second kappa shape index (κ2) is 11.8. The minimum absolute atomic E-state index is 0.0914. The highest BCUT2D eigenvalue weighted by atomic mass is 16.7. The van der Waals surface area contributed by atoms with Crippen LogP contribution in [0.4, 0.5) is 10.6 Å². The van der Waals surface area contributed by atoms with Crippen LogP contribution in [0.5, 0.6) is 0 Å². The standard InChI is InChI=1S/C31H33N5O8/c1-40-31(10-12-41-13-11-31)44-26-25(38)23(14-37)43-29(26)36-17-34-24-27(32-16-33-28(24)36)35-30(39)42-15-22-20-8-4-2-6-18(20)19-7-3-5-9-21(19)22/h2-9,16-17,22-23,25-26,29,37-38H,10-15H2,1H3,(H,32,33,35,39)/t23-,25-,26-,29-/m1/s1. The number of hydrogen-bond acceptors (Lipinski definition) is 11. The fourth-order valence-electron chi connectivity index (χ4n) is 6.38. The first kappa shape index (κ1) is 28.8. The normalized spacial score (nSPS) is 24.2. The zero-order valence-electron chi connectivity index (χ0n) is 24.0. The number of ether oxygens (including phenoxy) is 5. The van der Waals surface area contributed by atoms with Gasteiger partial charge in [-0.2, -0.15) is 0 Å². The Morgan fingerprint density at radius 2 is 1.77 bits per heavy atom. The topological polar surface area (TPSA) is 159 Å². The van der Waals surface area contributed by atoms with Gasteiger partial charge in [0.15, 0.2) is 29.0 Å². The van der Waals surface area contributed by atoms with Crippen molar-refractivity contribution in [2.75, 3.05) is 38.9 Å². The Kier molecular flexibility index (Phi) is 7.74. The highest BCUT2D eigenvalue weighted by Crippen LogP contribution is 2.44. The van der Waals surface area contributed by atoms with Crippen LogP contribution >= 0.6 is 0 Å². The molecule has 4 atom stereocenters. The minimum atomic E-state index is -1.16. The molecule has 2 fully saturated rings. The summed E-state index contributed by atoms with van der Waals surface area (Å²) < 4.78 is 30.9. The number of hydrogen-bond donors (Lipinski definition) is 3. The molecule has 0 unspecified atom stereocenters. The van der Waals surface area contributed by atoms with Gasteiger partial charge in [0.1, 0.15) is 31.2 Å². The molecule has 44 heavy (non-hydrogen) atoms. The Morgan fingerprint density at radius 1 is 1.07 bits per heavy atom. The van der Waals surface area contributed by atoms with Crippen molar-refractivity contribution >= 4 is 23.1 Å². The monoisotopic (exact) mass is 603 g/mol. The third kappa shape index (κ3) is 5.01. The Morgan fingerprint density at radius 3 is 2.45 bits per heavy atom. The van der Waals surface area contributed by atoms with Crippen molar-refractivity contribution in [1.29, 1.82) is 0 Å². The first-order chi connectivity index (χ1) is 21.5. The predicted molar refractivity (Wildman–Crippen MR) is 156 cm³/mol. The Bertz CT molecular complexity index is 1610. The van der Waals surface area contributed by atoms with E-state index in [-0.39, 0.29) is 23.9 Å². The molecule has 7 rings (SSSR count). The van der Waals surface area contributed by atoms with E-state index in [2.05, 4.69) is 44.5 Å². The van der Waals surface area contributed by atoms with Crippen molar-refractivity contribution in [2.45, 2.75) is 49.1 Å². The predicted octanol–water partition coefficient (Wildman–Crippen LogP) is 2.98. The van der Waals surface area contributed by atoms with E-state index in [1.807, 2.05) is 24.3 Å². The van der Waals surface area contributed by atoms with Gasteiger partial charge in [0.05, 0.1) is 26.1 Å². The van der Waals surface area contributed by atoms with E-state index in [9.17, 15) is 15.0 Å². The third-order valence-corrected chi connectivity index (χ3v) is 8.67. The molecule has 4 heterocycles. The molecule has 3 N–H and O–H groups in total. The van der Waals surface area contributed by atoms with Crippen molar-refractivity contribution < 1.29 is 38.7 Å². The van der Waals surface area contributed by atoms with Gasteiger partial charge in [0.2, 0.25) is 0 Å². The number of nitrogens with one attached hydrogen (secondary N) is 1. The van der Waals surface area contributed by atoms with Gasteiger partial charge in [-0.25, -0.2) is 19.7 Å². The number of aliphatic hydroxyl groups excluding tert-OH is 2. The molecule has 13 nitrogen and oxygen atoms in total. The van der Waals surface area contributed by atoms with E-state index in [1.54, 1.807) is 11.7 Å². The van der Waals surface area contributed by atoms with E-state index in [0.29, 0.717) is 31.7 Å². The van der Waals surface area contributed by atoms with E-state index in [4.69, 9.17) is 23.7 Å². The van der Waals surface area contributed by atoms with Gasteiger partial charge < -0.3 is 33.9 Å². The first-order valence-corrected chi connectivity index (χ1v) is 14.6. The second-order valence-electron chi connectivity index (χ2n) is 11.0. The number of rotatable bonds is 8. The van der Waals surface area contributed by atoms with Gasteiger partial charge in [-0.05, 0) is 22.3 Å². The summed E-state index contributed by atoms with van der Waals surface area (Å²) in [6.45, 7) is 0.608. The number of imidazole rings is 1. The lowest BCUT2D eigenvalue weighted by Crippen LogP contribution is -2.48. The van der Waals surface area contributed by atoms with Crippen molar-refractivity contribution in [2.24, 2.45) is 0 Å². The SMILES string of the molecule is COC1(O[C@@H]2[C@H](O)[C@@H](CO)O[C@H]2n2cnc3c(NC(=O)OCC4c5ccccc5-c5ccccc54)ncnc32)CCOCC1. The number of amides is 1. The number of aliphatic hydroxyl groups is 2. The van der Waals surface area contributed by atoms with Crippen LogP contribution in [-0.4, -0.2) is 93.5 Å². The lowest BCUT2D eigenvalue weighted by molar-refractivity contribution is -0.292.